The van der Waals surface area contributed by atoms with Crippen molar-refractivity contribution in [2.24, 2.45) is 0 Å². The number of imidazole rings is 2. The van der Waals surface area contributed by atoms with Gasteiger partial charge in [0.05, 0.1) is 50.1 Å². The summed E-state index contributed by atoms with van der Waals surface area (Å²) in [5, 5.41) is 3.73. The fourth-order valence-corrected chi connectivity index (χ4v) is 12.6. The third kappa shape index (κ3) is 8.69. The average molecular weight is 1080 g/mol. The van der Waals surface area contributed by atoms with E-state index in [1.54, 1.807) is 0 Å². The molecule has 0 saturated carbocycles. The van der Waals surface area contributed by atoms with Crippen molar-refractivity contribution in [3.05, 3.63) is 222 Å². The minimum atomic E-state index is 0.173. The molecule has 5 heterocycles. The number of benzene rings is 9. The molecule has 8 heteroatoms. The van der Waals surface area contributed by atoms with E-state index in [1.807, 2.05) is 19.9 Å². The highest BCUT2D eigenvalue weighted by Crippen LogP contribution is 2.48. The number of hydrogen-bond donors (Lipinski definition) is 0. The van der Waals surface area contributed by atoms with E-state index in [-0.39, 0.29) is 23.7 Å². The first kappa shape index (κ1) is 51.6. The number of aromatic nitrogens is 5. The van der Waals surface area contributed by atoms with Gasteiger partial charge in [0, 0.05) is 27.4 Å². The van der Waals surface area contributed by atoms with E-state index in [0.29, 0.717) is 22.7 Å². The molecule has 0 N–H and O–H groups in total. The van der Waals surface area contributed by atoms with Gasteiger partial charge in [0.15, 0.2) is 5.58 Å². The highest BCUT2D eigenvalue weighted by atomic mass is 16.5. The maximum atomic E-state index is 7.30. The molecule has 0 radical (unpaired) electrons. The van der Waals surface area contributed by atoms with E-state index in [4.69, 9.17) is 28.5 Å². The normalized spacial score (nSPS) is 12.2. The number of nitrogens with zero attached hydrogens (tertiary/aromatic N) is 5. The van der Waals surface area contributed by atoms with Crippen LogP contribution in [0.25, 0.3) is 122 Å². The van der Waals surface area contributed by atoms with Crippen LogP contribution in [0.3, 0.4) is 0 Å². The van der Waals surface area contributed by atoms with Crippen LogP contribution in [0.2, 0.25) is 0 Å². The second-order valence-electron chi connectivity index (χ2n) is 23.6. The van der Waals surface area contributed by atoms with Gasteiger partial charge in [-0.15, -0.1) is 0 Å². The Hall–Kier alpha value is -9.53. The van der Waals surface area contributed by atoms with Crippen LogP contribution < -0.4 is 4.74 Å². The molecule has 0 aliphatic rings. The molecule has 83 heavy (non-hydrogen) atoms. The third-order valence-electron chi connectivity index (χ3n) is 16.6. The van der Waals surface area contributed by atoms with Gasteiger partial charge in [-0.2, -0.15) is 0 Å². The molecule has 0 atom stereocenters. The monoisotopic (exact) mass is 1080 g/mol. The summed E-state index contributed by atoms with van der Waals surface area (Å²) in [7, 11) is 0. The van der Waals surface area contributed by atoms with Crippen LogP contribution in [0, 0.1) is 13.8 Å². The zero-order valence-corrected chi connectivity index (χ0v) is 48.7. The van der Waals surface area contributed by atoms with Gasteiger partial charge in [-0.3, -0.25) is 14.1 Å². The topological polar surface area (TPSA) is 84.0 Å². The first-order chi connectivity index (χ1) is 40.3. The Balaban J connectivity index is 1.00. The quantitative estimate of drug-likeness (QED) is 0.121. The number of ether oxygens (including phenoxy) is 1. The number of fused-ring (bicyclic) bond motifs is 9. The first-order valence-electron chi connectivity index (χ1n) is 29.2. The lowest BCUT2D eigenvalue weighted by Gasteiger charge is -2.24. The van der Waals surface area contributed by atoms with E-state index in [2.05, 4.69) is 247 Å². The second-order valence-corrected chi connectivity index (χ2v) is 23.6. The summed E-state index contributed by atoms with van der Waals surface area (Å²) in [6.07, 6.45) is 0. The first-order valence-corrected chi connectivity index (χ1v) is 29.2. The molecule has 9 aromatic carbocycles. The predicted octanol–water partition coefficient (Wildman–Crippen LogP) is 21.1. The van der Waals surface area contributed by atoms with Gasteiger partial charge in [-0.05, 0) is 173 Å². The molecule has 14 aromatic rings. The fourth-order valence-electron chi connectivity index (χ4n) is 12.6. The number of hydrogen-bond acceptors (Lipinski definition) is 6. The van der Waals surface area contributed by atoms with Gasteiger partial charge in [0.25, 0.3) is 0 Å². The molecular formula is C75H65N5O3. The van der Waals surface area contributed by atoms with Gasteiger partial charge in [0.1, 0.15) is 39.9 Å². The van der Waals surface area contributed by atoms with Gasteiger partial charge >= 0.3 is 0 Å². The lowest BCUT2D eigenvalue weighted by atomic mass is 9.88. The Bertz CT molecular complexity index is 4800. The summed E-state index contributed by atoms with van der Waals surface area (Å²) in [5.41, 5.74) is 22.3. The minimum absolute atomic E-state index is 0.173. The molecule has 5 aromatic heterocycles. The summed E-state index contributed by atoms with van der Waals surface area (Å²) in [6.45, 7) is 22.4. The van der Waals surface area contributed by atoms with E-state index in [1.165, 1.54) is 50.2 Å². The zero-order chi connectivity index (χ0) is 56.9. The molecule has 0 aliphatic heterocycles. The minimum Gasteiger partial charge on any atom is -0.457 e. The molecule has 8 nitrogen and oxygen atoms in total. The second kappa shape index (κ2) is 20.2. The van der Waals surface area contributed by atoms with E-state index in [0.717, 1.165) is 94.6 Å². The van der Waals surface area contributed by atoms with Crippen molar-refractivity contribution < 1.29 is 13.6 Å². The van der Waals surface area contributed by atoms with Crippen molar-refractivity contribution in [2.75, 3.05) is 0 Å². The van der Waals surface area contributed by atoms with Gasteiger partial charge in [-0.25, -0.2) is 9.97 Å². The van der Waals surface area contributed by atoms with Crippen LogP contribution in [-0.2, 0) is 0 Å². The summed E-state index contributed by atoms with van der Waals surface area (Å²) in [4.78, 5) is 15.9. The molecule has 0 fully saturated rings. The summed E-state index contributed by atoms with van der Waals surface area (Å²) >= 11 is 0. The molecule has 0 spiro atoms. The van der Waals surface area contributed by atoms with E-state index < -0.39 is 0 Å². The Kier molecular flexibility index (Phi) is 12.5. The number of pyridine rings is 1. The van der Waals surface area contributed by atoms with Crippen LogP contribution in [0.5, 0.6) is 11.5 Å². The van der Waals surface area contributed by atoms with E-state index in [9.17, 15) is 0 Å². The van der Waals surface area contributed by atoms with Crippen molar-refractivity contribution in [3.8, 4) is 67.9 Å². The van der Waals surface area contributed by atoms with E-state index >= 15 is 0 Å². The molecule has 0 saturated heterocycles. The van der Waals surface area contributed by atoms with Crippen molar-refractivity contribution in [3.63, 3.8) is 0 Å². The van der Waals surface area contributed by atoms with Crippen molar-refractivity contribution >= 4 is 65.9 Å². The predicted molar refractivity (Wildman–Crippen MR) is 342 cm³/mol. The SMILES string of the molecule is Cc1cc2c(oc3c2ccc2oc4c(-c5nc6ccccc6n5-c5c(C(C)C)cc(-c6ccccc6)cc5C(C)C)cc(Oc5cccc(-c6nc7ccccc7n6-c6c(C(C)C)cc(-c7ccccc7)cc6C(C)C)c5)cc4c23)c(C)n1. The number of rotatable bonds is 12. The van der Waals surface area contributed by atoms with Crippen LogP contribution in [-0.4, -0.2) is 24.1 Å². The molecule has 0 bridgehead atoms. The van der Waals surface area contributed by atoms with Gasteiger partial charge in [-0.1, -0.05) is 152 Å². The smallest absolute Gasteiger partial charge is 0.156 e. The van der Waals surface area contributed by atoms with Gasteiger partial charge in [0.2, 0.25) is 0 Å². The Morgan fingerprint density at radius 2 is 0.904 bits per heavy atom. The molecule has 0 unspecified atom stereocenters. The largest absolute Gasteiger partial charge is 0.457 e. The fraction of sp³-hybridized carbons (Fsp3) is 0.187. The Morgan fingerprint density at radius 3 is 1.47 bits per heavy atom. The van der Waals surface area contributed by atoms with Crippen molar-refractivity contribution in [2.45, 2.75) is 92.9 Å². The zero-order valence-electron chi connectivity index (χ0n) is 48.7. The highest BCUT2D eigenvalue weighted by Gasteiger charge is 2.29. The molecule has 14 rings (SSSR count). The summed E-state index contributed by atoms with van der Waals surface area (Å²) in [5.74, 6) is 3.65. The Morgan fingerprint density at radius 1 is 0.386 bits per heavy atom. The standard InChI is InChI=1S/C75H65N5O3/c1-42(2)56-36-51(48-22-13-11-14-23-48)37-57(43(3)4)69(56)79-65-30-19-17-28-63(65)77-74(79)50-26-21-27-53(35-50)81-54-40-61-68-67(33-32-55-60-34-46(9)76-47(10)71(60)83-73(55)68)82-72(61)62(41-54)75-78-64-29-18-20-31-66(64)80(75)70-58(44(5)6)38-52(39-59(70)45(7)8)49-24-15-12-16-25-49/h11-45H,1-10H3. The lowest BCUT2D eigenvalue weighted by molar-refractivity contribution is 0.483. The van der Waals surface area contributed by atoms with Crippen LogP contribution >= 0.6 is 0 Å². The Labute approximate surface area is 483 Å². The number of para-hydroxylation sites is 4. The number of furan rings is 2. The van der Waals surface area contributed by atoms with Crippen molar-refractivity contribution in [1.82, 2.24) is 24.1 Å². The van der Waals surface area contributed by atoms with Crippen LogP contribution in [0.4, 0.5) is 0 Å². The maximum absolute atomic E-state index is 7.30. The van der Waals surface area contributed by atoms with Gasteiger partial charge < -0.3 is 13.6 Å². The lowest BCUT2D eigenvalue weighted by Crippen LogP contribution is -2.09. The highest BCUT2D eigenvalue weighted by molar-refractivity contribution is 6.23. The van der Waals surface area contributed by atoms with Crippen LogP contribution in [0.1, 0.15) is 113 Å². The van der Waals surface area contributed by atoms with Crippen molar-refractivity contribution in [1.29, 1.82) is 0 Å². The maximum Gasteiger partial charge on any atom is 0.156 e. The molecule has 0 aliphatic carbocycles. The van der Waals surface area contributed by atoms with Crippen LogP contribution in [0.15, 0.2) is 197 Å². The summed E-state index contributed by atoms with van der Waals surface area (Å²) < 4.78 is 26.1. The molecular weight excluding hydrogens is 1020 g/mol. The average Bonchev–Trinajstić information content (AvgIpc) is 3.14. The summed E-state index contributed by atoms with van der Waals surface area (Å²) in [6, 6.07) is 66.8. The molecule has 408 valence electrons. The number of aryl methyl sites for hydroxylation is 2. The third-order valence-corrected chi connectivity index (χ3v) is 16.6. The molecule has 0 amide bonds.